The zero-order valence-corrected chi connectivity index (χ0v) is 13.4. The summed E-state index contributed by atoms with van der Waals surface area (Å²) in [5.41, 5.74) is 1.21. The molecule has 1 fully saturated rings. The van der Waals surface area contributed by atoms with E-state index in [1.165, 1.54) is 15.6 Å². The van der Waals surface area contributed by atoms with Crippen LogP contribution in [0.15, 0.2) is 41.7 Å². The van der Waals surface area contributed by atoms with E-state index in [1.54, 1.807) is 22.7 Å². The van der Waals surface area contributed by atoms with Gasteiger partial charge in [0.05, 0.1) is 18.1 Å². The Hall–Kier alpha value is -3.27. The van der Waals surface area contributed by atoms with Gasteiger partial charge in [-0.15, -0.1) is 9.89 Å². The van der Waals surface area contributed by atoms with Gasteiger partial charge in [-0.2, -0.15) is 9.51 Å². The van der Waals surface area contributed by atoms with Crippen molar-refractivity contribution < 1.29 is 9.50 Å². The Morgan fingerprint density at radius 3 is 2.88 bits per heavy atom. The number of aliphatic imine (C=N–C) groups is 1. The summed E-state index contributed by atoms with van der Waals surface area (Å²) in [5, 5.41) is 22.0. The van der Waals surface area contributed by atoms with Gasteiger partial charge in [-0.1, -0.05) is 18.2 Å². The molecule has 3 aromatic rings. The Labute approximate surface area is 146 Å². The number of imidazole rings is 1. The lowest BCUT2D eigenvalue weighted by Gasteiger charge is -2.37. The quantitative estimate of drug-likeness (QED) is 0.740. The Morgan fingerprint density at radius 1 is 1.19 bits per heavy atom. The lowest BCUT2D eigenvalue weighted by Crippen LogP contribution is -2.50. The number of halogens is 1. The third-order valence-electron chi connectivity index (χ3n) is 5.08. The third kappa shape index (κ3) is 1.61. The molecule has 26 heavy (non-hydrogen) atoms. The highest BCUT2D eigenvalue weighted by molar-refractivity contribution is 5.78. The van der Waals surface area contributed by atoms with Crippen molar-refractivity contribution in [2.24, 2.45) is 4.99 Å². The molecule has 4 heterocycles. The van der Waals surface area contributed by atoms with Crippen molar-refractivity contribution in [3.05, 3.63) is 54.0 Å². The average Bonchev–Trinajstić information content (AvgIpc) is 3.06. The normalized spacial score (nSPS) is 21.5. The van der Waals surface area contributed by atoms with E-state index in [1.807, 2.05) is 24.3 Å². The Kier molecular flexibility index (Phi) is 2.40. The molecule has 1 N–H and O–H groups in total. The minimum Gasteiger partial charge on any atom is -0.383 e. The van der Waals surface area contributed by atoms with Crippen LogP contribution in [0.4, 0.5) is 10.2 Å². The fourth-order valence-corrected chi connectivity index (χ4v) is 3.61. The van der Waals surface area contributed by atoms with E-state index in [0.29, 0.717) is 30.0 Å². The van der Waals surface area contributed by atoms with E-state index in [4.69, 9.17) is 0 Å². The molecule has 130 valence electrons. The lowest BCUT2D eigenvalue weighted by atomic mass is 10.1. The number of aromatic nitrogens is 5. The first kappa shape index (κ1) is 14.0. The first-order valence-electron chi connectivity index (χ1n) is 8.25. The molecule has 3 aliphatic rings. The Bertz CT molecular complexity index is 1070. The van der Waals surface area contributed by atoms with E-state index in [9.17, 15) is 9.50 Å². The summed E-state index contributed by atoms with van der Waals surface area (Å²) in [4.78, 5) is 9.92. The topological polar surface area (TPSA) is 87.6 Å². The molecule has 2 aliphatic heterocycles. The number of hydrogen-bond acceptors (Lipinski definition) is 7. The molecule has 9 nitrogen and oxygen atoms in total. The lowest BCUT2D eigenvalue weighted by molar-refractivity contribution is 0.140. The van der Waals surface area contributed by atoms with Crippen molar-refractivity contribution in [3.8, 4) is 5.69 Å². The van der Waals surface area contributed by atoms with Crippen molar-refractivity contribution in [1.29, 1.82) is 0 Å². The highest BCUT2D eigenvalue weighted by atomic mass is 19.1. The maximum Gasteiger partial charge on any atom is 0.295 e. The number of aliphatic hydroxyl groups is 1. The van der Waals surface area contributed by atoms with Crippen molar-refractivity contribution in [2.45, 2.75) is 24.6 Å². The van der Waals surface area contributed by atoms with Gasteiger partial charge in [0.25, 0.3) is 6.08 Å². The molecule has 6 rings (SSSR count). The standard InChI is InChI=1S/C16H13FN8O/c17-15-18-8-13-23(15)11-4-2-1-3-10(11)14-19-9-22(24(13)14)25-12(7-20-21-25)16(26)5-6-16/h1-4,7-9,14,26H,5-6H2. The van der Waals surface area contributed by atoms with Crippen LogP contribution >= 0.6 is 0 Å². The van der Waals surface area contributed by atoms with Gasteiger partial charge in [-0.3, -0.25) is 4.57 Å². The summed E-state index contributed by atoms with van der Waals surface area (Å²) in [6, 6.07) is 7.49. The van der Waals surface area contributed by atoms with Crippen LogP contribution in [0.1, 0.15) is 30.3 Å². The second-order valence-electron chi connectivity index (χ2n) is 6.62. The summed E-state index contributed by atoms with van der Waals surface area (Å²) >= 11 is 0. The summed E-state index contributed by atoms with van der Waals surface area (Å²) < 4.78 is 15.8. The number of para-hydroxylation sites is 1. The number of anilines is 1. The molecule has 1 aromatic carbocycles. The van der Waals surface area contributed by atoms with Gasteiger partial charge in [-0.25, -0.2) is 15.0 Å². The molecule has 0 radical (unpaired) electrons. The molecule has 1 atom stereocenters. The second-order valence-corrected chi connectivity index (χ2v) is 6.62. The first-order valence-corrected chi connectivity index (χ1v) is 8.25. The molecule has 0 spiro atoms. The summed E-state index contributed by atoms with van der Waals surface area (Å²) in [6.45, 7) is 0. The SMILES string of the molecule is OC1(c2cnnn2N2C=NC3c4ccccc4-n4c(cnc4F)N32)CC1. The first-order chi connectivity index (χ1) is 12.7. The molecule has 1 aliphatic carbocycles. The Morgan fingerprint density at radius 2 is 2.04 bits per heavy atom. The summed E-state index contributed by atoms with van der Waals surface area (Å²) in [7, 11) is 0. The van der Waals surface area contributed by atoms with E-state index in [2.05, 4.69) is 20.3 Å². The van der Waals surface area contributed by atoms with Gasteiger partial charge < -0.3 is 5.11 Å². The number of hydrazine groups is 1. The van der Waals surface area contributed by atoms with Crippen molar-refractivity contribution in [3.63, 3.8) is 0 Å². The number of nitrogens with zero attached hydrogens (tertiary/aromatic N) is 8. The molecule has 10 heteroatoms. The maximum absolute atomic E-state index is 14.4. The molecule has 0 amide bonds. The van der Waals surface area contributed by atoms with Crippen molar-refractivity contribution in [2.75, 3.05) is 10.1 Å². The monoisotopic (exact) mass is 352 g/mol. The molecule has 0 bridgehead atoms. The highest BCUT2D eigenvalue weighted by Crippen LogP contribution is 2.46. The van der Waals surface area contributed by atoms with E-state index < -0.39 is 11.7 Å². The van der Waals surface area contributed by atoms with E-state index in [0.717, 1.165) is 5.56 Å². The molecular formula is C16H13FN8O. The average molecular weight is 352 g/mol. The summed E-state index contributed by atoms with van der Waals surface area (Å²) in [5.74, 6) is 0.521. The van der Waals surface area contributed by atoms with E-state index >= 15 is 0 Å². The zero-order chi connectivity index (χ0) is 17.5. The Balaban J connectivity index is 1.54. The predicted molar refractivity (Wildman–Crippen MR) is 88.6 cm³/mol. The fourth-order valence-electron chi connectivity index (χ4n) is 3.61. The minimum absolute atomic E-state index is 0.374. The number of benzene rings is 1. The fraction of sp³-hybridized carbons (Fsp3) is 0.250. The number of rotatable bonds is 2. The van der Waals surface area contributed by atoms with Crippen LogP contribution in [0, 0.1) is 6.08 Å². The van der Waals surface area contributed by atoms with E-state index in [-0.39, 0.29) is 6.17 Å². The largest absolute Gasteiger partial charge is 0.383 e. The molecule has 1 unspecified atom stereocenters. The number of hydrogen-bond donors (Lipinski definition) is 1. The van der Waals surface area contributed by atoms with Gasteiger partial charge in [0.15, 0.2) is 12.0 Å². The van der Waals surface area contributed by atoms with Crippen LogP contribution in [0.3, 0.4) is 0 Å². The van der Waals surface area contributed by atoms with Gasteiger partial charge >= 0.3 is 0 Å². The predicted octanol–water partition coefficient (Wildman–Crippen LogP) is 0.998. The smallest absolute Gasteiger partial charge is 0.295 e. The summed E-state index contributed by atoms with van der Waals surface area (Å²) in [6.07, 6.45) is 4.95. The second kappa shape index (κ2) is 4.47. The van der Waals surface area contributed by atoms with Crippen LogP contribution in [-0.4, -0.2) is 36.1 Å². The highest BCUT2D eigenvalue weighted by Gasteiger charge is 2.48. The molecule has 1 saturated carbocycles. The van der Waals surface area contributed by atoms with Crippen LogP contribution in [0.2, 0.25) is 0 Å². The maximum atomic E-state index is 14.4. The van der Waals surface area contributed by atoms with Gasteiger partial charge in [0, 0.05) is 5.56 Å². The van der Waals surface area contributed by atoms with Crippen LogP contribution in [0.5, 0.6) is 0 Å². The molecule has 2 aromatic heterocycles. The number of fused-ring (bicyclic) bond motifs is 6. The molecular weight excluding hydrogens is 339 g/mol. The minimum atomic E-state index is -0.922. The van der Waals surface area contributed by atoms with Crippen LogP contribution in [-0.2, 0) is 5.60 Å². The van der Waals surface area contributed by atoms with Gasteiger partial charge in [0.1, 0.15) is 17.6 Å². The zero-order valence-electron chi connectivity index (χ0n) is 13.4. The van der Waals surface area contributed by atoms with Crippen LogP contribution < -0.4 is 10.1 Å². The third-order valence-corrected chi connectivity index (χ3v) is 5.08. The van der Waals surface area contributed by atoms with Crippen molar-refractivity contribution in [1.82, 2.24) is 24.7 Å². The molecule has 0 saturated heterocycles. The van der Waals surface area contributed by atoms with Crippen molar-refractivity contribution >= 4 is 12.2 Å². The van der Waals surface area contributed by atoms with Crippen LogP contribution in [0.25, 0.3) is 5.69 Å². The van der Waals surface area contributed by atoms with Gasteiger partial charge in [0.2, 0.25) is 0 Å². The van der Waals surface area contributed by atoms with Gasteiger partial charge in [-0.05, 0) is 24.1 Å².